The number of nitrogens with zero attached hydrogens (tertiary/aromatic N) is 3. The molecule has 1 aliphatic carbocycles. The van der Waals surface area contributed by atoms with E-state index in [-0.39, 0.29) is 17.2 Å². The Balaban J connectivity index is 1.84. The van der Waals surface area contributed by atoms with E-state index in [4.69, 9.17) is 5.73 Å². The molecule has 150 valence electrons. The Hall–Kier alpha value is -3.44. The number of hydrazine groups is 1. The third-order valence-electron chi connectivity index (χ3n) is 5.27. The summed E-state index contributed by atoms with van der Waals surface area (Å²) in [6.07, 6.45) is 4.62. The van der Waals surface area contributed by atoms with Crippen molar-refractivity contribution in [2.75, 3.05) is 0 Å². The van der Waals surface area contributed by atoms with Crippen LogP contribution in [0.3, 0.4) is 0 Å². The molecule has 1 aromatic heterocycles. The molecule has 1 aliphatic heterocycles. The van der Waals surface area contributed by atoms with Gasteiger partial charge in [-0.25, -0.2) is 5.01 Å². The first kappa shape index (κ1) is 19.9. The number of aromatic nitrogens is 1. The van der Waals surface area contributed by atoms with Crippen LogP contribution in [0.4, 0.5) is 0 Å². The van der Waals surface area contributed by atoms with E-state index in [2.05, 4.69) is 32.4 Å². The van der Waals surface area contributed by atoms with Crippen LogP contribution in [0.2, 0.25) is 0 Å². The molecule has 2 aliphatic rings. The zero-order chi connectivity index (χ0) is 21.3. The highest BCUT2D eigenvalue weighted by Crippen LogP contribution is 2.45. The van der Waals surface area contributed by atoms with E-state index in [1.165, 1.54) is 11.2 Å². The molecule has 0 fully saturated rings. The number of hydrogen-bond acceptors (Lipinski definition) is 6. The van der Waals surface area contributed by atoms with Gasteiger partial charge in [0.05, 0.1) is 23.1 Å². The van der Waals surface area contributed by atoms with Crippen LogP contribution >= 0.6 is 15.9 Å². The number of nitrogens with one attached hydrogen (secondary N) is 1. The first-order valence-corrected chi connectivity index (χ1v) is 10.2. The standard InChI is InChI=1S/C22H18BrN5O2/c23-16-7-2-1-6-14(16)19-15(11-24)21(25)28(17-8-3-9-18(29)20(17)19)27-22(30)13-5-4-10-26-12-13/h1-2,4-7,10,12,19H,3,8-9,25H2,(H,27,30). The van der Waals surface area contributed by atoms with Crippen molar-refractivity contribution in [3.05, 3.63) is 87.1 Å². The molecule has 0 spiro atoms. The minimum atomic E-state index is -0.583. The minimum Gasteiger partial charge on any atom is -0.383 e. The first-order valence-electron chi connectivity index (χ1n) is 9.44. The summed E-state index contributed by atoms with van der Waals surface area (Å²) in [5.74, 6) is -0.936. The molecule has 1 atom stereocenters. The summed E-state index contributed by atoms with van der Waals surface area (Å²) in [5, 5.41) is 11.3. The van der Waals surface area contributed by atoms with E-state index < -0.39 is 11.8 Å². The smallest absolute Gasteiger partial charge is 0.271 e. The summed E-state index contributed by atoms with van der Waals surface area (Å²) < 4.78 is 0.786. The summed E-state index contributed by atoms with van der Waals surface area (Å²) in [6.45, 7) is 0. The molecule has 1 amide bonds. The van der Waals surface area contributed by atoms with Crippen molar-refractivity contribution < 1.29 is 9.59 Å². The summed E-state index contributed by atoms with van der Waals surface area (Å²) >= 11 is 3.53. The van der Waals surface area contributed by atoms with E-state index >= 15 is 0 Å². The summed E-state index contributed by atoms with van der Waals surface area (Å²) in [7, 11) is 0. The molecule has 1 aromatic carbocycles. The van der Waals surface area contributed by atoms with Crippen LogP contribution in [0, 0.1) is 11.3 Å². The van der Waals surface area contributed by atoms with Gasteiger partial charge in [-0.3, -0.25) is 20.0 Å². The van der Waals surface area contributed by atoms with Gasteiger partial charge in [0.1, 0.15) is 5.82 Å². The predicted molar refractivity (Wildman–Crippen MR) is 113 cm³/mol. The Bertz CT molecular complexity index is 1130. The molecule has 0 saturated heterocycles. The quantitative estimate of drug-likeness (QED) is 0.721. The molecule has 1 unspecified atom stereocenters. The number of ketones is 1. The molecular formula is C22H18BrN5O2. The van der Waals surface area contributed by atoms with Crippen LogP contribution in [0.5, 0.6) is 0 Å². The lowest BCUT2D eigenvalue weighted by Gasteiger charge is -2.39. The number of pyridine rings is 1. The largest absolute Gasteiger partial charge is 0.383 e. The Morgan fingerprint density at radius 1 is 1.27 bits per heavy atom. The molecule has 2 aromatic rings. The molecule has 30 heavy (non-hydrogen) atoms. The second-order valence-electron chi connectivity index (χ2n) is 7.02. The van der Waals surface area contributed by atoms with E-state index in [1.54, 1.807) is 18.3 Å². The van der Waals surface area contributed by atoms with Crippen molar-refractivity contribution in [1.29, 1.82) is 5.26 Å². The zero-order valence-electron chi connectivity index (χ0n) is 15.9. The number of Topliss-reactive ketones (excluding diaryl/α,β-unsaturated/α-hetero) is 1. The first-order chi connectivity index (χ1) is 14.5. The lowest BCUT2D eigenvalue weighted by molar-refractivity contribution is -0.116. The van der Waals surface area contributed by atoms with Crippen LogP contribution < -0.4 is 11.2 Å². The topological polar surface area (TPSA) is 112 Å². The van der Waals surface area contributed by atoms with Crippen molar-refractivity contribution in [2.24, 2.45) is 5.73 Å². The molecular weight excluding hydrogens is 446 g/mol. The van der Waals surface area contributed by atoms with Gasteiger partial charge in [0.25, 0.3) is 5.91 Å². The third-order valence-corrected chi connectivity index (χ3v) is 5.99. The van der Waals surface area contributed by atoms with Gasteiger partial charge in [-0.15, -0.1) is 0 Å². The van der Waals surface area contributed by atoms with Crippen molar-refractivity contribution in [3.63, 3.8) is 0 Å². The average molecular weight is 464 g/mol. The zero-order valence-corrected chi connectivity index (χ0v) is 17.5. The van der Waals surface area contributed by atoms with Gasteiger partial charge < -0.3 is 5.73 Å². The lowest BCUT2D eigenvalue weighted by Crippen LogP contribution is -2.48. The second-order valence-corrected chi connectivity index (χ2v) is 7.87. The van der Waals surface area contributed by atoms with Crippen molar-refractivity contribution >= 4 is 27.6 Å². The van der Waals surface area contributed by atoms with E-state index in [9.17, 15) is 14.9 Å². The predicted octanol–water partition coefficient (Wildman–Crippen LogP) is 3.29. The second kappa shape index (κ2) is 8.13. The van der Waals surface area contributed by atoms with Gasteiger partial charge in [-0.2, -0.15) is 5.26 Å². The summed E-state index contributed by atoms with van der Waals surface area (Å²) in [5.41, 5.74) is 11.6. The van der Waals surface area contributed by atoms with Gasteiger partial charge in [0, 0.05) is 34.6 Å². The Morgan fingerprint density at radius 2 is 2.07 bits per heavy atom. The van der Waals surface area contributed by atoms with E-state index in [1.807, 2.05) is 24.3 Å². The molecule has 7 nitrogen and oxygen atoms in total. The molecule has 0 bridgehead atoms. The Kier molecular flexibility index (Phi) is 5.38. The maximum absolute atomic E-state index is 13.0. The fourth-order valence-electron chi connectivity index (χ4n) is 3.90. The van der Waals surface area contributed by atoms with Crippen LogP contribution in [0.1, 0.15) is 41.1 Å². The number of hydrogen-bond donors (Lipinski definition) is 2. The fraction of sp³-hybridized carbons (Fsp3) is 0.182. The number of carbonyl (C=O) groups excluding carboxylic acids is 2. The van der Waals surface area contributed by atoms with Crippen molar-refractivity contribution in [3.8, 4) is 6.07 Å². The third kappa shape index (κ3) is 3.37. The van der Waals surface area contributed by atoms with Gasteiger partial charge in [0.15, 0.2) is 5.78 Å². The maximum atomic E-state index is 13.0. The number of carbonyl (C=O) groups is 2. The number of nitriles is 1. The Morgan fingerprint density at radius 3 is 2.77 bits per heavy atom. The Labute approximate surface area is 182 Å². The molecule has 8 heteroatoms. The maximum Gasteiger partial charge on any atom is 0.271 e. The summed E-state index contributed by atoms with van der Waals surface area (Å²) in [4.78, 5) is 29.7. The summed E-state index contributed by atoms with van der Waals surface area (Å²) in [6, 6.07) is 12.9. The van der Waals surface area contributed by atoms with Gasteiger partial charge in [-0.1, -0.05) is 34.1 Å². The SMILES string of the molecule is N#CC1=C(N)N(NC(=O)c2cccnc2)C2=C(C(=O)CCC2)C1c1ccccc1Br. The average Bonchev–Trinajstić information content (AvgIpc) is 2.76. The lowest BCUT2D eigenvalue weighted by atomic mass is 9.76. The highest BCUT2D eigenvalue weighted by atomic mass is 79.9. The van der Waals surface area contributed by atoms with Crippen LogP contribution in [-0.4, -0.2) is 21.7 Å². The minimum absolute atomic E-state index is 0.0436. The molecule has 3 N–H and O–H groups in total. The number of amides is 1. The fourth-order valence-corrected chi connectivity index (χ4v) is 4.41. The molecule has 0 saturated carbocycles. The van der Waals surface area contributed by atoms with Crippen LogP contribution in [-0.2, 0) is 4.79 Å². The highest BCUT2D eigenvalue weighted by Gasteiger charge is 2.41. The molecule has 4 rings (SSSR count). The monoisotopic (exact) mass is 463 g/mol. The molecule has 2 heterocycles. The van der Waals surface area contributed by atoms with Crippen molar-refractivity contribution in [2.45, 2.75) is 25.2 Å². The van der Waals surface area contributed by atoms with Gasteiger partial charge >= 0.3 is 0 Å². The highest BCUT2D eigenvalue weighted by molar-refractivity contribution is 9.10. The number of nitrogens with two attached hydrogens (primary N) is 1. The van der Waals surface area contributed by atoms with Crippen LogP contribution in [0.25, 0.3) is 0 Å². The van der Waals surface area contributed by atoms with Gasteiger partial charge in [0.2, 0.25) is 0 Å². The van der Waals surface area contributed by atoms with E-state index in [0.29, 0.717) is 36.1 Å². The molecule has 0 radical (unpaired) electrons. The number of benzene rings is 1. The number of allylic oxidation sites excluding steroid dienone is 3. The normalized spacial score (nSPS) is 18.7. The number of halogens is 1. The number of rotatable bonds is 3. The van der Waals surface area contributed by atoms with Crippen molar-refractivity contribution in [1.82, 2.24) is 15.4 Å². The van der Waals surface area contributed by atoms with E-state index in [0.717, 1.165) is 10.0 Å². The van der Waals surface area contributed by atoms with Gasteiger partial charge in [-0.05, 0) is 36.6 Å². The van der Waals surface area contributed by atoms with Crippen LogP contribution in [0.15, 0.2) is 75.9 Å².